The smallest absolute Gasteiger partial charge is 0.132 e. The quantitative estimate of drug-likeness (QED) is 0.820. The molecule has 0 aliphatic carbocycles. The maximum Gasteiger partial charge on any atom is 0.132 e. The van der Waals surface area contributed by atoms with E-state index in [0.29, 0.717) is 0 Å². The Balaban J connectivity index is 2.44. The van der Waals surface area contributed by atoms with Gasteiger partial charge in [0.1, 0.15) is 17.2 Å². The standard InChI is InChI=1S/C13H16F2O2/c1-12(2)8-13(16,6-7-17-12)11-9(14)4-3-5-10(11)15/h3-5,16H,6-8H2,1-2H3. The number of ether oxygens (including phenoxy) is 1. The minimum absolute atomic E-state index is 0.178. The van der Waals surface area contributed by atoms with Crippen molar-refractivity contribution in [3.63, 3.8) is 0 Å². The zero-order valence-corrected chi connectivity index (χ0v) is 9.96. The third-order valence-corrected chi connectivity index (χ3v) is 3.15. The summed E-state index contributed by atoms with van der Waals surface area (Å²) < 4.78 is 32.8. The first kappa shape index (κ1) is 12.5. The molecule has 2 nitrogen and oxygen atoms in total. The Bertz CT molecular complexity index is 411. The molecule has 1 unspecified atom stereocenters. The number of benzene rings is 1. The summed E-state index contributed by atoms with van der Waals surface area (Å²) in [4.78, 5) is 0. The number of aliphatic hydroxyl groups is 1. The first-order valence-corrected chi connectivity index (χ1v) is 5.65. The zero-order valence-electron chi connectivity index (χ0n) is 9.96. The summed E-state index contributed by atoms with van der Waals surface area (Å²) in [5, 5.41) is 10.5. The second-order valence-electron chi connectivity index (χ2n) is 5.16. The summed E-state index contributed by atoms with van der Waals surface area (Å²) in [5.74, 6) is -1.41. The van der Waals surface area contributed by atoms with Gasteiger partial charge in [0.2, 0.25) is 0 Å². The van der Waals surface area contributed by atoms with Gasteiger partial charge in [0.15, 0.2) is 0 Å². The van der Waals surface area contributed by atoms with E-state index in [-0.39, 0.29) is 25.0 Å². The predicted molar refractivity (Wildman–Crippen MR) is 59.5 cm³/mol. The van der Waals surface area contributed by atoms with Crippen LogP contribution in [0.2, 0.25) is 0 Å². The molecule has 4 heteroatoms. The van der Waals surface area contributed by atoms with Crippen molar-refractivity contribution in [2.75, 3.05) is 6.61 Å². The van der Waals surface area contributed by atoms with E-state index in [4.69, 9.17) is 4.74 Å². The Hall–Kier alpha value is -1.00. The van der Waals surface area contributed by atoms with Crippen LogP contribution in [-0.2, 0) is 10.3 Å². The van der Waals surface area contributed by atoms with Crippen molar-refractivity contribution >= 4 is 0 Å². The van der Waals surface area contributed by atoms with Crippen LogP contribution in [0.1, 0.15) is 32.3 Å². The summed E-state index contributed by atoms with van der Waals surface area (Å²) in [6, 6.07) is 3.62. The molecule has 0 aromatic heterocycles. The average Bonchev–Trinajstić information content (AvgIpc) is 2.14. The van der Waals surface area contributed by atoms with Gasteiger partial charge in [-0.15, -0.1) is 0 Å². The molecule has 2 rings (SSSR count). The van der Waals surface area contributed by atoms with Crippen LogP contribution in [0, 0.1) is 11.6 Å². The topological polar surface area (TPSA) is 29.5 Å². The molecule has 1 aliphatic heterocycles. The van der Waals surface area contributed by atoms with Crippen molar-refractivity contribution in [1.82, 2.24) is 0 Å². The predicted octanol–water partition coefficient (Wildman–Crippen LogP) is 2.74. The molecule has 0 saturated carbocycles. The van der Waals surface area contributed by atoms with Crippen LogP contribution in [-0.4, -0.2) is 17.3 Å². The fraction of sp³-hybridized carbons (Fsp3) is 0.538. The van der Waals surface area contributed by atoms with E-state index >= 15 is 0 Å². The maximum atomic E-state index is 13.7. The Morgan fingerprint density at radius 1 is 1.24 bits per heavy atom. The third-order valence-electron chi connectivity index (χ3n) is 3.15. The second-order valence-corrected chi connectivity index (χ2v) is 5.16. The second kappa shape index (κ2) is 4.03. The third kappa shape index (κ3) is 2.33. The van der Waals surface area contributed by atoms with Gasteiger partial charge in [-0.2, -0.15) is 0 Å². The van der Waals surface area contributed by atoms with Crippen LogP contribution in [0.25, 0.3) is 0 Å². The van der Waals surface area contributed by atoms with E-state index in [1.165, 1.54) is 18.2 Å². The Kier molecular flexibility index (Phi) is 2.96. The van der Waals surface area contributed by atoms with Gasteiger partial charge in [0.25, 0.3) is 0 Å². The fourth-order valence-corrected chi connectivity index (χ4v) is 2.50. The van der Waals surface area contributed by atoms with Crippen LogP contribution < -0.4 is 0 Å². The van der Waals surface area contributed by atoms with Crippen molar-refractivity contribution in [2.45, 2.75) is 37.9 Å². The molecule has 1 fully saturated rings. The van der Waals surface area contributed by atoms with Crippen molar-refractivity contribution in [1.29, 1.82) is 0 Å². The molecular formula is C13H16F2O2. The normalized spacial score (nSPS) is 28.1. The molecule has 1 N–H and O–H groups in total. The van der Waals surface area contributed by atoms with E-state index < -0.39 is 22.8 Å². The Morgan fingerprint density at radius 3 is 2.35 bits per heavy atom. The first-order chi connectivity index (χ1) is 7.84. The number of hydrogen-bond donors (Lipinski definition) is 1. The monoisotopic (exact) mass is 242 g/mol. The highest BCUT2D eigenvalue weighted by Gasteiger charge is 2.43. The lowest BCUT2D eigenvalue weighted by Gasteiger charge is -2.41. The lowest BCUT2D eigenvalue weighted by Crippen LogP contribution is -2.44. The van der Waals surface area contributed by atoms with Crippen LogP contribution in [0.3, 0.4) is 0 Å². The lowest BCUT2D eigenvalue weighted by molar-refractivity contribution is -0.150. The highest BCUT2D eigenvalue weighted by atomic mass is 19.1. The summed E-state index contributed by atoms with van der Waals surface area (Å²) in [6.45, 7) is 3.89. The molecule has 17 heavy (non-hydrogen) atoms. The number of rotatable bonds is 1. The van der Waals surface area contributed by atoms with E-state index in [0.717, 1.165) is 0 Å². The molecule has 1 aliphatic rings. The zero-order chi connectivity index (χ0) is 12.7. The van der Waals surface area contributed by atoms with E-state index in [9.17, 15) is 13.9 Å². The summed E-state index contributed by atoms with van der Waals surface area (Å²) in [7, 11) is 0. The minimum Gasteiger partial charge on any atom is -0.385 e. The molecule has 1 atom stereocenters. The summed E-state index contributed by atoms with van der Waals surface area (Å²) >= 11 is 0. The maximum absolute atomic E-state index is 13.7. The SMILES string of the molecule is CC1(C)CC(O)(c2c(F)cccc2F)CCO1. The first-order valence-electron chi connectivity index (χ1n) is 5.65. The highest BCUT2D eigenvalue weighted by molar-refractivity contribution is 5.27. The molecule has 0 bridgehead atoms. The van der Waals surface area contributed by atoms with Gasteiger partial charge in [-0.1, -0.05) is 6.07 Å². The van der Waals surface area contributed by atoms with Gasteiger partial charge in [-0.25, -0.2) is 8.78 Å². The van der Waals surface area contributed by atoms with Crippen molar-refractivity contribution < 1.29 is 18.6 Å². The average molecular weight is 242 g/mol. The molecule has 1 saturated heterocycles. The van der Waals surface area contributed by atoms with Crippen molar-refractivity contribution in [3.05, 3.63) is 35.4 Å². The van der Waals surface area contributed by atoms with Gasteiger partial charge in [-0.05, 0) is 26.0 Å². The molecular weight excluding hydrogens is 226 g/mol. The van der Waals surface area contributed by atoms with Gasteiger partial charge < -0.3 is 9.84 Å². The molecule has 0 amide bonds. The summed E-state index contributed by atoms with van der Waals surface area (Å²) in [5.41, 5.74) is -2.31. The molecule has 94 valence electrons. The van der Waals surface area contributed by atoms with E-state index in [1.54, 1.807) is 13.8 Å². The van der Waals surface area contributed by atoms with Gasteiger partial charge in [-0.3, -0.25) is 0 Å². The molecule has 1 heterocycles. The minimum atomic E-state index is -1.49. The van der Waals surface area contributed by atoms with E-state index in [2.05, 4.69) is 0 Å². The number of hydrogen-bond acceptors (Lipinski definition) is 2. The van der Waals surface area contributed by atoms with Crippen molar-refractivity contribution in [3.8, 4) is 0 Å². The summed E-state index contributed by atoms with van der Waals surface area (Å²) in [6.07, 6.45) is 0.381. The van der Waals surface area contributed by atoms with Gasteiger partial charge >= 0.3 is 0 Å². The van der Waals surface area contributed by atoms with Gasteiger partial charge in [0.05, 0.1) is 17.8 Å². The van der Waals surface area contributed by atoms with Crippen LogP contribution in [0.4, 0.5) is 8.78 Å². The molecule has 0 spiro atoms. The van der Waals surface area contributed by atoms with E-state index in [1.807, 2.05) is 0 Å². The van der Waals surface area contributed by atoms with Crippen LogP contribution >= 0.6 is 0 Å². The van der Waals surface area contributed by atoms with Crippen LogP contribution in [0.15, 0.2) is 18.2 Å². The van der Waals surface area contributed by atoms with Crippen LogP contribution in [0.5, 0.6) is 0 Å². The van der Waals surface area contributed by atoms with Crippen molar-refractivity contribution in [2.24, 2.45) is 0 Å². The molecule has 1 aromatic rings. The molecule has 0 radical (unpaired) electrons. The molecule has 1 aromatic carbocycles. The largest absolute Gasteiger partial charge is 0.385 e. The fourth-order valence-electron chi connectivity index (χ4n) is 2.50. The number of halogens is 2. The lowest BCUT2D eigenvalue weighted by atomic mass is 9.79. The highest BCUT2D eigenvalue weighted by Crippen LogP contribution is 2.41. The van der Waals surface area contributed by atoms with Gasteiger partial charge in [0, 0.05) is 12.8 Å². The Labute approximate surface area is 99.2 Å². The Morgan fingerprint density at radius 2 is 1.82 bits per heavy atom.